The summed E-state index contributed by atoms with van der Waals surface area (Å²) in [7, 11) is 1.62. The standard InChI is InChI=1S/C9H13N7O2/c1-6(3-4-10)15(2)8-7(16(17)18)5-12-9(13-8)14-11/h5-6H,3,11H2,1-2H3,(H,12,13,14). The molecule has 0 amide bonds. The Morgan fingerprint density at radius 3 is 2.94 bits per heavy atom. The van der Waals surface area contributed by atoms with Crippen LogP contribution in [0.25, 0.3) is 0 Å². The summed E-state index contributed by atoms with van der Waals surface area (Å²) in [5.74, 6) is 5.36. The average Bonchev–Trinajstić information content (AvgIpc) is 2.37. The van der Waals surface area contributed by atoms with Gasteiger partial charge in [-0.1, -0.05) is 0 Å². The highest BCUT2D eigenvalue weighted by molar-refractivity contribution is 5.58. The molecule has 3 N–H and O–H groups in total. The van der Waals surface area contributed by atoms with Crippen molar-refractivity contribution in [2.45, 2.75) is 19.4 Å². The summed E-state index contributed by atoms with van der Waals surface area (Å²) < 4.78 is 0. The minimum atomic E-state index is -0.578. The fourth-order valence-electron chi connectivity index (χ4n) is 1.30. The maximum absolute atomic E-state index is 10.9. The number of rotatable bonds is 5. The highest BCUT2D eigenvalue weighted by Gasteiger charge is 2.23. The molecule has 9 nitrogen and oxygen atoms in total. The third kappa shape index (κ3) is 2.80. The van der Waals surface area contributed by atoms with Crippen LogP contribution >= 0.6 is 0 Å². The van der Waals surface area contributed by atoms with Crippen molar-refractivity contribution in [3.05, 3.63) is 16.3 Å². The zero-order valence-corrected chi connectivity index (χ0v) is 9.99. The molecule has 1 atom stereocenters. The maximum Gasteiger partial charge on any atom is 0.329 e. The van der Waals surface area contributed by atoms with Gasteiger partial charge in [-0.25, -0.2) is 10.8 Å². The normalized spacial score (nSPS) is 11.4. The van der Waals surface area contributed by atoms with Gasteiger partial charge in [0.25, 0.3) is 0 Å². The Hall–Kier alpha value is -2.47. The quantitative estimate of drug-likeness (QED) is 0.436. The summed E-state index contributed by atoms with van der Waals surface area (Å²) >= 11 is 0. The minimum Gasteiger partial charge on any atom is -0.350 e. The van der Waals surface area contributed by atoms with E-state index in [9.17, 15) is 10.1 Å². The molecule has 0 fully saturated rings. The van der Waals surface area contributed by atoms with Crippen LogP contribution in [-0.2, 0) is 0 Å². The first kappa shape index (κ1) is 13.6. The number of hydrogen-bond donors (Lipinski definition) is 2. The van der Waals surface area contributed by atoms with Crippen molar-refractivity contribution in [3.63, 3.8) is 0 Å². The zero-order chi connectivity index (χ0) is 13.7. The van der Waals surface area contributed by atoms with Gasteiger partial charge in [0, 0.05) is 13.1 Å². The van der Waals surface area contributed by atoms with Gasteiger partial charge in [-0.2, -0.15) is 10.2 Å². The van der Waals surface area contributed by atoms with E-state index in [2.05, 4.69) is 15.4 Å². The lowest BCUT2D eigenvalue weighted by molar-refractivity contribution is -0.384. The molecule has 96 valence electrons. The summed E-state index contributed by atoms with van der Waals surface area (Å²) in [5, 5.41) is 19.5. The van der Waals surface area contributed by atoms with Crippen molar-refractivity contribution in [2.75, 3.05) is 17.4 Å². The molecule has 0 aliphatic heterocycles. The summed E-state index contributed by atoms with van der Waals surface area (Å²) in [6.07, 6.45) is 1.30. The lowest BCUT2D eigenvalue weighted by atomic mass is 10.2. The van der Waals surface area contributed by atoms with Gasteiger partial charge in [-0.05, 0) is 6.92 Å². The Labute approximate surface area is 103 Å². The Kier molecular flexibility index (Phi) is 4.33. The fraction of sp³-hybridized carbons (Fsp3) is 0.444. The first-order valence-electron chi connectivity index (χ1n) is 5.09. The molecular weight excluding hydrogens is 238 g/mol. The van der Waals surface area contributed by atoms with Crippen LogP contribution in [0.1, 0.15) is 13.3 Å². The Balaban J connectivity index is 3.19. The van der Waals surface area contributed by atoms with Crippen LogP contribution in [-0.4, -0.2) is 28.0 Å². The molecule has 0 saturated carbocycles. The molecule has 1 rings (SSSR count). The number of aromatic nitrogens is 2. The molecule has 0 aliphatic carbocycles. The second kappa shape index (κ2) is 5.74. The molecule has 0 radical (unpaired) electrons. The molecule has 0 aliphatic rings. The average molecular weight is 251 g/mol. The van der Waals surface area contributed by atoms with E-state index in [1.54, 1.807) is 18.9 Å². The highest BCUT2D eigenvalue weighted by atomic mass is 16.6. The molecule has 0 bridgehead atoms. The Morgan fingerprint density at radius 1 is 1.78 bits per heavy atom. The van der Waals surface area contributed by atoms with Crippen molar-refractivity contribution in [2.24, 2.45) is 5.84 Å². The summed E-state index contributed by atoms with van der Waals surface area (Å²) in [6, 6.07) is 1.79. The number of nitrogens with one attached hydrogen (secondary N) is 1. The highest BCUT2D eigenvalue weighted by Crippen LogP contribution is 2.26. The van der Waals surface area contributed by atoms with Crippen molar-refractivity contribution < 1.29 is 4.92 Å². The largest absolute Gasteiger partial charge is 0.350 e. The van der Waals surface area contributed by atoms with E-state index in [0.717, 1.165) is 6.20 Å². The number of nitrogens with zero attached hydrogens (tertiary/aromatic N) is 5. The monoisotopic (exact) mass is 251 g/mol. The van der Waals surface area contributed by atoms with Crippen LogP contribution in [0.3, 0.4) is 0 Å². The number of nitriles is 1. The molecule has 18 heavy (non-hydrogen) atoms. The van der Waals surface area contributed by atoms with Gasteiger partial charge in [0.2, 0.25) is 11.8 Å². The molecule has 9 heteroatoms. The van der Waals surface area contributed by atoms with Crippen molar-refractivity contribution in [3.8, 4) is 6.07 Å². The van der Waals surface area contributed by atoms with Crippen molar-refractivity contribution in [1.29, 1.82) is 5.26 Å². The Morgan fingerprint density at radius 2 is 2.44 bits per heavy atom. The van der Waals surface area contributed by atoms with Gasteiger partial charge in [0.15, 0.2) is 0 Å². The molecule has 0 aromatic carbocycles. The second-order valence-electron chi connectivity index (χ2n) is 3.63. The van der Waals surface area contributed by atoms with Crippen LogP contribution in [0.15, 0.2) is 6.20 Å². The van der Waals surface area contributed by atoms with Gasteiger partial charge in [0.05, 0.1) is 17.4 Å². The number of hydrogen-bond acceptors (Lipinski definition) is 8. The molecule has 1 aromatic heterocycles. The molecular formula is C9H13N7O2. The summed E-state index contributed by atoms with van der Waals surface area (Å²) in [6.45, 7) is 1.77. The molecule has 1 unspecified atom stereocenters. The van der Waals surface area contributed by atoms with Gasteiger partial charge in [-0.15, -0.1) is 0 Å². The Bertz CT molecular complexity index is 484. The predicted octanol–water partition coefficient (Wildman–Crippen LogP) is 0.409. The van der Waals surface area contributed by atoms with Gasteiger partial charge in [-0.3, -0.25) is 15.5 Å². The fourth-order valence-corrected chi connectivity index (χ4v) is 1.30. The lowest BCUT2D eigenvalue weighted by Gasteiger charge is -2.23. The van der Waals surface area contributed by atoms with E-state index in [1.807, 2.05) is 6.07 Å². The van der Waals surface area contributed by atoms with Gasteiger partial charge in [0.1, 0.15) is 6.20 Å². The van der Waals surface area contributed by atoms with Crippen LogP contribution in [0, 0.1) is 21.4 Å². The van der Waals surface area contributed by atoms with Crippen molar-refractivity contribution in [1.82, 2.24) is 9.97 Å². The van der Waals surface area contributed by atoms with Crippen LogP contribution in [0.5, 0.6) is 0 Å². The lowest BCUT2D eigenvalue weighted by Crippen LogP contribution is -2.30. The first-order chi connectivity index (χ1) is 8.51. The number of anilines is 2. The number of nitrogen functional groups attached to an aromatic ring is 1. The number of nitrogens with two attached hydrogens (primary N) is 1. The van der Waals surface area contributed by atoms with E-state index in [1.165, 1.54) is 0 Å². The van der Waals surface area contributed by atoms with Gasteiger partial charge < -0.3 is 4.90 Å². The molecule has 1 heterocycles. The molecule has 0 saturated heterocycles. The SMILES string of the molecule is CC(CC#N)N(C)c1nc(NN)ncc1[N+](=O)[O-]. The zero-order valence-electron chi connectivity index (χ0n) is 9.99. The third-order valence-electron chi connectivity index (χ3n) is 2.46. The topological polar surface area (TPSA) is 134 Å². The number of hydrazine groups is 1. The molecule has 0 spiro atoms. The molecule has 1 aromatic rings. The van der Waals surface area contributed by atoms with E-state index in [0.29, 0.717) is 0 Å². The van der Waals surface area contributed by atoms with E-state index >= 15 is 0 Å². The predicted molar refractivity (Wildman–Crippen MR) is 64.6 cm³/mol. The van der Waals surface area contributed by atoms with Crippen molar-refractivity contribution >= 4 is 17.5 Å². The van der Waals surface area contributed by atoms with E-state index in [4.69, 9.17) is 11.1 Å². The van der Waals surface area contributed by atoms with Crippen LogP contribution in [0.4, 0.5) is 17.5 Å². The van der Waals surface area contributed by atoms with E-state index < -0.39 is 4.92 Å². The number of nitro groups is 1. The third-order valence-corrected chi connectivity index (χ3v) is 2.46. The minimum absolute atomic E-state index is 0.0756. The second-order valence-corrected chi connectivity index (χ2v) is 3.63. The maximum atomic E-state index is 10.9. The smallest absolute Gasteiger partial charge is 0.329 e. The summed E-state index contributed by atoms with van der Waals surface area (Å²) in [4.78, 5) is 19.5. The van der Waals surface area contributed by atoms with Crippen LogP contribution in [0.2, 0.25) is 0 Å². The summed E-state index contributed by atoms with van der Waals surface area (Å²) in [5.41, 5.74) is 1.99. The first-order valence-corrected chi connectivity index (χ1v) is 5.09. The van der Waals surface area contributed by atoms with E-state index in [-0.39, 0.29) is 29.9 Å². The van der Waals surface area contributed by atoms with Gasteiger partial charge >= 0.3 is 5.69 Å². The van der Waals surface area contributed by atoms with Crippen LogP contribution < -0.4 is 16.2 Å².